The number of fused-ring (bicyclic) bond motifs is 1. The molecule has 0 saturated carbocycles. The SMILES string of the molecule is CN(c1nccnc1CNc1nc(Nc2ccc(N3CCN(Cc4ccc5c(c4)CN(N4CCC(=O)NC4=O)C5=O)CC3)cc2)ncc1C(F)(F)F)S(C)(=O)=O. The normalized spacial score (nSPS) is 16.5. The number of hydrazine groups is 1. The van der Waals surface area contributed by atoms with Crippen LogP contribution >= 0.6 is 0 Å². The van der Waals surface area contributed by atoms with Crippen LogP contribution in [0, 0.1) is 0 Å². The molecule has 2 saturated heterocycles. The van der Waals surface area contributed by atoms with E-state index in [0.29, 0.717) is 24.0 Å². The van der Waals surface area contributed by atoms with Gasteiger partial charge in [-0.1, -0.05) is 12.1 Å². The molecule has 17 nitrogen and oxygen atoms in total. The minimum absolute atomic E-state index is 0.0389. The molecule has 21 heteroatoms. The van der Waals surface area contributed by atoms with Crippen LogP contribution in [0.4, 0.5) is 46.9 Å². The van der Waals surface area contributed by atoms with Gasteiger partial charge in [0.1, 0.15) is 17.1 Å². The third kappa shape index (κ3) is 8.27. The number of carbonyl (C=O) groups excluding carboxylic acids is 3. The predicted octanol–water partition coefficient (Wildman–Crippen LogP) is 3.17. The van der Waals surface area contributed by atoms with Gasteiger partial charge >= 0.3 is 12.2 Å². The Hall–Kier alpha value is -6.09. The Morgan fingerprint density at radius 1 is 0.929 bits per heavy atom. The number of amides is 4. The fraction of sp³-hybridized carbons (Fsp3) is 0.343. The highest BCUT2D eigenvalue weighted by Gasteiger charge is 2.37. The number of halogens is 3. The topological polar surface area (TPSA) is 189 Å². The molecule has 2 fully saturated rings. The summed E-state index contributed by atoms with van der Waals surface area (Å²) in [4.78, 5) is 57.5. The molecule has 0 atom stereocenters. The molecule has 4 amide bonds. The average molecular weight is 795 g/mol. The number of nitrogens with zero attached hydrogens (tertiary/aromatic N) is 9. The van der Waals surface area contributed by atoms with E-state index in [1.165, 1.54) is 29.5 Å². The molecule has 4 aromatic rings. The molecule has 294 valence electrons. The zero-order valence-corrected chi connectivity index (χ0v) is 31.1. The molecule has 2 aromatic heterocycles. The number of alkyl halides is 3. The van der Waals surface area contributed by atoms with Gasteiger partial charge in [0.15, 0.2) is 5.82 Å². The van der Waals surface area contributed by atoms with Gasteiger partial charge in [-0.05, 0) is 41.5 Å². The molecule has 3 N–H and O–H groups in total. The van der Waals surface area contributed by atoms with E-state index in [9.17, 15) is 36.0 Å². The summed E-state index contributed by atoms with van der Waals surface area (Å²) in [6, 6.07) is 12.5. The smallest absolute Gasteiger partial charge is 0.369 e. The van der Waals surface area contributed by atoms with Gasteiger partial charge in [0.25, 0.3) is 5.91 Å². The molecule has 0 radical (unpaired) electrons. The molecule has 7 rings (SSSR count). The molecular weight excluding hydrogens is 758 g/mol. The van der Waals surface area contributed by atoms with Gasteiger partial charge in [0.05, 0.1) is 25.9 Å². The maximum atomic E-state index is 13.9. The fourth-order valence-electron chi connectivity index (χ4n) is 6.60. The Bertz CT molecular complexity index is 2270. The third-order valence-corrected chi connectivity index (χ3v) is 10.8. The molecule has 3 aliphatic rings. The largest absolute Gasteiger partial charge is 0.421 e. The Labute approximate surface area is 319 Å². The Morgan fingerprint density at radius 2 is 1.66 bits per heavy atom. The molecule has 0 bridgehead atoms. The van der Waals surface area contributed by atoms with Crippen LogP contribution in [0.25, 0.3) is 0 Å². The van der Waals surface area contributed by atoms with E-state index in [0.717, 1.165) is 53.6 Å². The van der Waals surface area contributed by atoms with Crippen molar-refractivity contribution in [1.82, 2.24) is 40.2 Å². The van der Waals surface area contributed by atoms with Crippen molar-refractivity contribution < 1.29 is 36.0 Å². The van der Waals surface area contributed by atoms with Crippen LogP contribution in [-0.2, 0) is 40.6 Å². The van der Waals surface area contributed by atoms with E-state index in [4.69, 9.17) is 0 Å². The number of imide groups is 1. The Morgan fingerprint density at radius 3 is 2.36 bits per heavy atom. The first-order valence-electron chi connectivity index (χ1n) is 17.5. The van der Waals surface area contributed by atoms with Gasteiger partial charge in [0, 0.05) is 81.7 Å². The summed E-state index contributed by atoms with van der Waals surface area (Å²) in [5, 5.41) is 10.5. The van der Waals surface area contributed by atoms with Crippen molar-refractivity contribution in [3.8, 4) is 0 Å². The lowest BCUT2D eigenvalue weighted by Crippen LogP contribution is -2.56. The van der Waals surface area contributed by atoms with E-state index < -0.39 is 33.6 Å². The van der Waals surface area contributed by atoms with Crippen LogP contribution in [0.2, 0.25) is 0 Å². The van der Waals surface area contributed by atoms with E-state index in [2.05, 4.69) is 45.7 Å². The Kier molecular flexibility index (Phi) is 10.4. The number of nitrogens with one attached hydrogen (secondary N) is 3. The van der Waals surface area contributed by atoms with Gasteiger partial charge in [-0.15, -0.1) is 0 Å². The summed E-state index contributed by atoms with van der Waals surface area (Å²) in [5.41, 5.74) is 2.91. The average Bonchev–Trinajstić information content (AvgIpc) is 3.48. The second-order valence-corrected chi connectivity index (χ2v) is 15.4. The predicted molar refractivity (Wildman–Crippen MR) is 198 cm³/mol. The number of sulfonamides is 1. The molecule has 0 aliphatic carbocycles. The minimum atomic E-state index is -4.78. The quantitative estimate of drug-likeness (QED) is 0.201. The van der Waals surface area contributed by atoms with Crippen molar-refractivity contribution in [2.45, 2.75) is 32.2 Å². The summed E-state index contributed by atoms with van der Waals surface area (Å²) >= 11 is 0. The summed E-state index contributed by atoms with van der Waals surface area (Å²) in [6.07, 6.45) is -0.416. The van der Waals surface area contributed by atoms with Crippen molar-refractivity contribution in [2.75, 3.05) is 65.9 Å². The number of carbonyl (C=O) groups is 3. The van der Waals surface area contributed by atoms with Crippen LogP contribution in [0.15, 0.2) is 61.1 Å². The van der Waals surface area contributed by atoms with Gasteiger partial charge in [-0.25, -0.2) is 33.2 Å². The zero-order chi connectivity index (χ0) is 39.8. The van der Waals surface area contributed by atoms with Crippen LogP contribution in [-0.4, -0.2) is 107 Å². The molecule has 2 aromatic carbocycles. The molecule has 3 aliphatic heterocycles. The standard InChI is InChI=1S/C35H37F3N12O5S/c1-46(56(2,54)55)31-28(39-10-11-40-31)19-41-30-27(35(36,37)38)18-42-33(45-30)43-24-4-6-25(7-5-24)48-15-13-47(14-16-48)20-22-3-8-26-23(17-22)21-50(32(26)52)49-12-9-29(51)44-34(49)53/h3-8,10-11,17-18H,9,12-16,19-21H2,1-2H3,(H,44,51,53)(H2,41,42,43,45). The van der Waals surface area contributed by atoms with Crippen molar-refractivity contribution in [2.24, 2.45) is 0 Å². The maximum Gasteiger partial charge on any atom is 0.421 e. The zero-order valence-electron chi connectivity index (χ0n) is 30.2. The first-order valence-corrected chi connectivity index (χ1v) is 19.3. The lowest BCUT2D eigenvalue weighted by atomic mass is 10.1. The number of piperazine rings is 1. The van der Waals surface area contributed by atoms with Crippen molar-refractivity contribution in [3.05, 3.63) is 89.0 Å². The van der Waals surface area contributed by atoms with Crippen molar-refractivity contribution in [1.29, 1.82) is 0 Å². The fourth-order valence-corrected chi connectivity index (χ4v) is 7.07. The highest BCUT2D eigenvalue weighted by Crippen LogP contribution is 2.35. The third-order valence-electron chi connectivity index (χ3n) is 9.61. The van der Waals surface area contributed by atoms with Crippen LogP contribution < -0.4 is 25.2 Å². The van der Waals surface area contributed by atoms with Crippen LogP contribution in [0.3, 0.4) is 0 Å². The number of urea groups is 1. The lowest BCUT2D eigenvalue weighted by Gasteiger charge is -2.36. The maximum absolute atomic E-state index is 13.9. The van der Waals surface area contributed by atoms with Crippen LogP contribution in [0.5, 0.6) is 0 Å². The molecular formula is C35H37F3N12O5S. The summed E-state index contributed by atoms with van der Waals surface area (Å²) in [7, 11) is -2.44. The first-order chi connectivity index (χ1) is 26.6. The number of anilines is 5. The molecule has 5 heterocycles. The second-order valence-electron chi connectivity index (χ2n) is 13.4. The van der Waals surface area contributed by atoms with Gasteiger partial charge in [-0.3, -0.25) is 29.1 Å². The number of hydrogen-bond donors (Lipinski definition) is 3. The van der Waals surface area contributed by atoms with Gasteiger partial charge in [-0.2, -0.15) is 18.2 Å². The lowest BCUT2D eigenvalue weighted by molar-refractivity contribution is -0.137. The molecule has 0 unspecified atom stereocenters. The van der Waals surface area contributed by atoms with E-state index >= 15 is 0 Å². The van der Waals surface area contributed by atoms with E-state index in [-0.39, 0.29) is 55.3 Å². The minimum Gasteiger partial charge on any atom is -0.369 e. The summed E-state index contributed by atoms with van der Waals surface area (Å²) in [5.74, 6) is -1.29. The van der Waals surface area contributed by atoms with Crippen molar-refractivity contribution in [3.63, 3.8) is 0 Å². The monoisotopic (exact) mass is 794 g/mol. The van der Waals surface area contributed by atoms with Crippen LogP contribution in [0.1, 0.15) is 39.2 Å². The number of rotatable bonds is 11. The highest BCUT2D eigenvalue weighted by molar-refractivity contribution is 7.92. The number of benzene rings is 2. The van der Waals surface area contributed by atoms with E-state index in [1.54, 1.807) is 18.2 Å². The summed E-state index contributed by atoms with van der Waals surface area (Å²) in [6.45, 7) is 3.83. The molecule has 0 spiro atoms. The number of aromatic nitrogens is 4. The van der Waals surface area contributed by atoms with E-state index in [1.807, 2.05) is 24.3 Å². The van der Waals surface area contributed by atoms with Gasteiger partial charge < -0.3 is 15.5 Å². The number of hydrogen-bond acceptors (Lipinski definition) is 13. The summed E-state index contributed by atoms with van der Waals surface area (Å²) < 4.78 is 66.8. The van der Waals surface area contributed by atoms with Gasteiger partial charge in [0.2, 0.25) is 21.9 Å². The molecule has 56 heavy (non-hydrogen) atoms. The second kappa shape index (κ2) is 15.2. The van der Waals surface area contributed by atoms with Crippen molar-refractivity contribution >= 4 is 56.8 Å². The highest BCUT2D eigenvalue weighted by atomic mass is 32.2. The Balaban J connectivity index is 0.947. The first kappa shape index (κ1) is 38.2.